The van der Waals surface area contributed by atoms with E-state index in [4.69, 9.17) is 0 Å². The van der Waals surface area contributed by atoms with Crippen molar-refractivity contribution in [3.05, 3.63) is 58.6 Å². The summed E-state index contributed by atoms with van der Waals surface area (Å²) in [5, 5.41) is 10.7. The van der Waals surface area contributed by atoms with Gasteiger partial charge in [0.1, 0.15) is 12.7 Å². The van der Waals surface area contributed by atoms with E-state index in [1.807, 2.05) is 17.7 Å². The molecule has 102 valence electrons. The molecule has 2 aromatic heterocycles. The minimum atomic E-state index is 0.728. The SMILES string of the molecule is Cc1nc(CNc2cccc(Cn3cncn3)c2)cs1. The van der Waals surface area contributed by atoms with Crippen LogP contribution < -0.4 is 5.32 Å². The molecule has 0 aliphatic heterocycles. The molecule has 0 bridgehead atoms. The van der Waals surface area contributed by atoms with Crippen LogP contribution in [0.1, 0.15) is 16.3 Å². The van der Waals surface area contributed by atoms with Crippen molar-refractivity contribution in [3.63, 3.8) is 0 Å². The lowest BCUT2D eigenvalue weighted by Gasteiger charge is -2.07. The van der Waals surface area contributed by atoms with Crippen LogP contribution in [0.3, 0.4) is 0 Å². The fraction of sp³-hybridized carbons (Fsp3) is 0.214. The maximum absolute atomic E-state index is 4.44. The van der Waals surface area contributed by atoms with Gasteiger partial charge < -0.3 is 5.32 Å². The van der Waals surface area contributed by atoms with Crippen molar-refractivity contribution in [1.29, 1.82) is 0 Å². The van der Waals surface area contributed by atoms with E-state index in [1.165, 1.54) is 5.56 Å². The fourth-order valence-corrected chi connectivity index (χ4v) is 2.58. The van der Waals surface area contributed by atoms with Gasteiger partial charge >= 0.3 is 0 Å². The van der Waals surface area contributed by atoms with E-state index in [0.717, 1.165) is 29.5 Å². The zero-order valence-electron chi connectivity index (χ0n) is 11.2. The van der Waals surface area contributed by atoms with Crippen LogP contribution in [-0.4, -0.2) is 19.7 Å². The number of nitrogens with zero attached hydrogens (tertiary/aromatic N) is 4. The van der Waals surface area contributed by atoms with Crippen LogP contribution >= 0.6 is 11.3 Å². The van der Waals surface area contributed by atoms with Gasteiger partial charge in [0.05, 0.1) is 23.8 Å². The molecule has 0 amide bonds. The smallest absolute Gasteiger partial charge is 0.137 e. The third-order valence-electron chi connectivity index (χ3n) is 2.88. The summed E-state index contributed by atoms with van der Waals surface area (Å²) in [4.78, 5) is 8.39. The second kappa shape index (κ2) is 5.83. The first-order valence-electron chi connectivity index (χ1n) is 6.36. The lowest BCUT2D eigenvalue weighted by Crippen LogP contribution is -2.03. The fourth-order valence-electron chi connectivity index (χ4n) is 1.96. The van der Waals surface area contributed by atoms with E-state index in [0.29, 0.717) is 0 Å². The standard InChI is InChI=1S/C14H15N5S/c1-11-18-14(8-20-11)6-16-13-4-2-3-12(5-13)7-19-10-15-9-17-19/h2-5,8-10,16H,6-7H2,1H3. The molecule has 5 nitrogen and oxygen atoms in total. The first-order valence-corrected chi connectivity index (χ1v) is 7.24. The predicted molar refractivity (Wildman–Crippen MR) is 79.7 cm³/mol. The Hall–Kier alpha value is -2.21. The number of aromatic nitrogens is 4. The Bertz CT molecular complexity index is 674. The highest BCUT2D eigenvalue weighted by atomic mass is 32.1. The molecule has 0 saturated carbocycles. The molecular weight excluding hydrogens is 270 g/mol. The van der Waals surface area contributed by atoms with Crippen LogP contribution in [0.4, 0.5) is 5.69 Å². The molecule has 0 fully saturated rings. The number of nitrogens with one attached hydrogen (secondary N) is 1. The molecule has 3 rings (SSSR count). The topological polar surface area (TPSA) is 55.6 Å². The number of thiazole rings is 1. The maximum atomic E-state index is 4.44. The quantitative estimate of drug-likeness (QED) is 0.783. The molecule has 1 N–H and O–H groups in total. The largest absolute Gasteiger partial charge is 0.379 e. The Labute approximate surface area is 121 Å². The summed E-state index contributed by atoms with van der Waals surface area (Å²) in [6, 6.07) is 8.31. The highest BCUT2D eigenvalue weighted by Gasteiger charge is 2.00. The highest BCUT2D eigenvalue weighted by molar-refractivity contribution is 7.09. The van der Waals surface area contributed by atoms with Crippen molar-refractivity contribution in [1.82, 2.24) is 19.7 Å². The van der Waals surface area contributed by atoms with E-state index in [-0.39, 0.29) is 0 Å². The molecule has 0 aliphatic carbocycles. The van der Waals surface area contributed by atoms with Crippen molar-refractivity contribution in [2.24, 2.45) is 0 Å². The molecule has 6 heteroatoms. The lowest BCUT2D eigenvalue weighted by molar-refractivity contribution is 0.685. The predicted octanol–water partition coefficient (Wildman–Crippen LogP) is 2.70. The van der Waals surface area contributed by atoms with Gasteiger partial charge in [0.2, 0.25) is 0 Å². The summed E-state index contributed by atoms with van der Waals surface area (Å²) in [7, 11) is 0. The number of benzene rings is 1. The Morgan fingerprint density at radius 3 is 3.05 bits per heavy atom. The second-order valence-corrected chi connectivity index (χ2v) is 5.57. The Balaban J connectivity index is 1.65. The molecule has 1 aromatic carbocycles. The highest BCUT2D eigenvalue weighted by Crippen LogP contribution is 2.14. The zero-order valence-corrected chi connectivity index (χ0v) is 12.0. The van der Waals surface area contributed by atoms with E-state index in [2.05, 4.69) is 44.0 Å². The summed E-state index contributed by atoms with van der Waals surface area (Å²) < 4.78 is 1.81. The Morgan fingerprint density at radius 2 is 2.30 bits per heavy atom. The summed E-state index contributed by atoms with van der Waals surface area (Å²) in [5.74, 6) is 0. The van der Waals surface area contributed by atoms with Gasteiger partial charge in [-0.2, -0.15) is 5.10 Å². The average molecular weight is 285 g/mol. The Morgan fingerprint density at radius 1 is 1.35 bits per heavy atom. The average Bonchev–Trinajstić information content (AvgIpc) is 3.09. The summed E-state index contributed by atoms with van der Waals surface area (Å²) in [6.45, 7) is 3.50. The van der Waals surface area contributed by atoms with Crippen molar-refractivity contribution in [3.8, 4) is 0 Å². The summed E-state index contributed by atoms with van der Waals surface area (Å²) in [5.41, 5.74) is 3.36. The number of aryl methyl sites for hydroxylation is 1. The number of hydrogen-bond acceptors (Lipinski definition) is 5. The van der Waals surface area contributed by atoms with Crippen LogP contribution in [0.25, 0.3) is 0 Å². The first-order chi connectivity index (χ1) is 9.79. The maximum Gasteiger partial charge on any atom is 0.137 e. The first kappa shape index (κ1) is 12.8. The second-order valence-electron chi connectivity index (χ2n) is 4.50. The van der Waals surface area contributed by atoms with Crippen molar-refractivity contribution >= 4 is 17.0 Å². The van der Waals surface area contributed by atoms with Gasteiger partial charge in [0.15, 0.2) is 0 Å². The number of anilines is 1. The van der Waals surface area contributed by atoms with Gasteiger partial charge in [-0.25, -0.2) is 14.6 Å². The normalized spacial score (nSPS) is 10.7. The van der Waals surface area contributed by atoms with E-state index in [1.54, 1.807) is 24.0 Å². The Kier molecular flexibility index (Phi) is 3.73. The van der Waals surface area contributed by atoms with Gasteiger partial charge in [0.25, 0.3) is 0 Å². The van der Waals surface area contributed by atoms with Gasteiger partial charge in [-0.05, 0) is 24.6 Å². The van der Waals surface area contributed by atoms with Crippen molar-refractivity contribution < 1.29 is 0 Å². The van der Waals surface area contributed by atoms with Gasteiger partial charge in [-0.15, -0.1) is 11.3 Å². The van der Waals surface area contributed by atoms with Crippen LogP contribution in [0.5, 0.6) is 0 Å². The third-order valence-corrected chi connectivity index (χ3v) is 3.70. The van der Waals surface area contributed by atoms with Gasteiger partial charge in [-0.1, -0.05) is 12.1 Å². The van der Waals surface area contributed by atoms with Crippen LogP contribution in [0.2, 0.25) is 0 Å². The van der Waals surface area contributed by atoms with Crippen LogP contribution in [0.15, 0.2) is 42.3 Å². The number of rotatable bonds is 5. The van der Waals surface area contributed by atoms with E-state index < -0.39 is 0 Å². The summed E-state index contributed by atoms with van der Waals surface area (Å²) in [6.07, 6.45) is 3.27. The van der Waals surface area contributed by atoms with Crippen molar-refractivity contribution in [2.45, 2.75) is 20.0 Å². The van der Waals surface area contributed by atoms with Gasteiger partial charge in [-0.3, -0.25) is 0 Å². The lowest BCUT2D eigenvalue weighted by atomic mass is 10.2. The molecular formula is C14H15N5S. The monoisotopic (exact) mass is 285 g/mol. The van der Waals surface area contributed by atoms with Crippen LogP contribution in [-0.2, 0) is 13.1 Å². The van der Waals surface area contributed by atoms with Gasteiger partial charge in [0, 0.05) is 11.1 Å². The molecule has 0 atom stereocenters. The molecule has 3 aromatic rings. The number of hydrogen-bond donors (Lipinski definition) is 1. The summed E-state index contributed by atoms with van der Waals surface area (Å²) >= 11 is 1.68. The molecule has 0 aliphatic rings. The molecule has 20 heavy (non-hydrogen) atoms. The van der Waals surface area contributed by atoms with Crippen LogP contribution in [0, 0.1) is 6.92 Å². The molecule has 0 unspecified atom stereocenters. The molecule has 0 radical (unpaired) electrons. The van der Waals surface area contributed by atoms with E-state index in [9.17, 15) is 0 Å². The minimum Gasteiger partial charge on any atom is -0.379 e. The van der Waals surface area contributed by atoms with E-state index >= 15 is 0 Å². The van der Waals surface area contributed by atoms with Crippen molar-refractivity contribution in [2.75, 3.05) is 5.32 Å². The molecule has 0 saturated heterocycles. The molecule has 0 spiro atoms. The molecule has 2 heterocycles. The zero-order chi connectivity index (χ0) is 13.8. The third kappa shape index (κ3) is 3.21. The minimum absolute atomic E-state index is 0.728.